The van der Waals surface area contributed by atoms with Crippen molar-refractivity contribution in [1.82, 2.24) is 25.1 Å². The number of unbranched alkanes of at least 4 members (excludes halogenated alkanes) is 1. The van der Waals surface area contributed by atoms with Gasteiger partial charge in [-0.3, -0.25) is 19.9 Å². The topological polar surface area (TPSA) is 112 Å². The number of hydrogen-bond donors (Lipinski definition) is 3. The Hall–Kier alpha value is -4.72. The van der Waals surface area contributed by atoms with Crippen LogP contribution in [0, 0.1) is 0 Å². The number of carbonyl (C=O) groups excluding carboxylic acids is 1. The molecule has 1 aromatic carbocycles. The third kappa shape index (κ3) is 4.02. The molecule has 0 radical (unpaired) electrons. The second-order valence-corrected chi connectivity index (χ2v) is 8.76. The summed E-state index contributed by atoms with van der Waals surface area (Å²) in [5.41, 5.74) is 7.98. The fourth-order valence-electron chi connectivity index (χ4n) is 4.44. The lowest BCUT2D eigenvalue weighted by Crippen LogP contribution is -2.11. The van der Waals surface area contributed by atoms with E-state index >= 15 is 0 Å². The zero-order chi connectivity index (χ0) is 24.5. The minimum atomic E-state index is 0.00598. The van der Waals surface area contributed by atoms with E-state index in [-0.39, 0.29) is 5.91 Å². The van der Waals surface area contributed by atoms with Crippen molar-refractivity contribution in [3.8, 4) is 33.8 Å². The maximum absolute atomic E-state index is 12.2. The molecule has 8 nitrogen and oxygen atoms in total. The number of fused-ring (bicyclic) bond motifs is 2. The third-order valence-electron chi connectivity index (χ3n) is 6.27. The molecule has 3 N–H and O–H groups in total. The van der Waals surface area contributed by atoms with Crippen molar-refractivity contribution >= 4 is 33.4 Å². The minimum absolute atomic E-state index is 0.00598. The molecule has 6 rings (SSSR count). The van der Waals surface area contributed by atoms with Crippen LogP contribution in [-0.4, -0.2) is 31.1 Å². The lowest BCUT2D eigenvalue weighted by molar-refractivity contribution is -0.116. The number of rotatable bonds is 7. The van der Waals surface area contributed by atoms with Crippen molar-refractivity contribution in [2.75, 3.05) is 5.32 Å². The van der Waals surface area contributed by atoms with Crippen LogP contribution in [0.15, 0.2) is 78.0 Å². The highest BCUT2D eigenvalue weighted by Gasteiger charge is 2.15. The standard InChI is InChI=1S/C28H24N6O2/c1-2-3-4-26(35)31-20-11-19(14-29-15-20)17-5-6-24-21(12-17)28(34-33-24)25-13-22-23(32-25)7-9-30-27(22)18-8-10-36-16-18/h5-16,32H,2-4H2,1H3,(H,31,35)(H,33,34). The van der Waals surface area contributed by atoms with Crippen LogP contribution in [0.1, 0.15) is 26.2 Å². The molecule has 0 aliphatic rings. The summed E-state index contributed by atoms with van der Waals surface area (Å²) in [5, 5.41) is 12.7. The van der Waals surface area contributed by atoms with E-state index < -0.39 is 0 Å². The van der Waals surface area contributed by atoms with E-state index in [9.17, 15) is 4.79 Å². The summed E-state index contributed by atoms with van der Waals surface area (Å²) >= 11 is 0. The first-order valence-corrected chi connectivity index (χ1v) is 11.9. The number of aromatic amines is 2. The van der Waals surface area contributed by atoms with E-state index in [0.717, 1.165) is 68.4 Å². The minimum Gasteiger partial charge on any atom is -0.472 e. The molecule has 0 bridgehead atoms. The average Bonchev–Trinajstić information content (AvgIpc) is 3.66. The number of nitrogens with one attached hydrogen (secondary N) is 3. The number of amides is 1. The fourth-order valence-corrected chi connectivity index (χ4v) is 4.44. The Balaban J connectivity index is 1.37. The average molecular weight is 477 g/mol. The van der Waals surface area contributed by atoms with Gasteiger partial charge in [0.2, 0.25) is 5.91 Å². The molecule has 0 fully saturated rings. The smallest absolute Gasteiger partial charge is 0.224 e. The third-order valence-corrected chi connectivity index (χ3v) is 6.27. The van der Waals surface area contributed by atoms with E-state index in [1.165, 1.54) is 0 Å². The Bertz CT molecular complexity index is 1680. The van der Waals surface area contributed by atoms with E-state index in [0.29, 0.717) is 12.1 Å². The van der Waals surface area contributed by atoms with Gasteiger partial charge < -0.3 is 14.7 Å². The highest BCUT2D eigenvalue weighted by Crippen LogP contribution is 2.34. The first kappa shape index (κ1) is 21.8. The van der Waals surface area contributed by atoms with E-state index in [2.05, 4.69) is 49.5 Å². The number of hydrogen-bond acceptors (Lipinski definition) is 5. The van der Waals surface area contributed by atoms with Gasteiger partial charge in [0.15, 0.2) is 0 Å². The Morgan fingerprint density at radius 2 is 1.89 bits per heavy atom. The molecule has 178 valence electrons. The van der Waals surface area contributed by atoms with Crippen LogP contribution in [0.5, 0.6) is 0 Å². The predicted molar refractivity (Wildman–Crippen MR) is 140 cm³/mol. The van der Waals surface area contributed by atoms with Crippen LogP contribution in [0.3, 0.4) is 0 Å². The van der Waals surface area contributed by atoms with Crippen LogP contribution in [-0.2, 0) is 4.79 Å². The summed E-state index contributed by atoms with van der Waals surface area (Å²) in [6.07, 6.45) is 11.0. The number of anilines is 1. The van der Waals surface area contributed by atoms with Crippen LogP contribution in [0.2, 0.25) is 0 Å². The SMILES string of the molecule is CCCCC(=O)Nc1cncc(-c2ccc3[nH]nc(-c4cc5c(-c6ccoc6)nccc5[nH]4)c3c2)c1. The second-order valence-electron chi connectivity index (χ2n) is 8.76. The van der Waals surface area contributed by atoms with Crippen molar-refractivity contribution in [3.63, 3.8) is 0 Å². The number of H-pyrrole nitrogens is 2. The van der Waals surface area contributed by atoms with Crippen molar-refractivity contribution in [1.29, 1.82) is 0 Å². The molecule has 1 amide bonds. The largest absolute Gasteiger partial charge is 0.472 e. The molecule has 0 aliphatic heterocycles. The van der Waals surface area contributed by atoms with Gasteiger partial charge in [0, 0.05) is 46.2 Å². The van der Waals surface area contributed by atoms with Gasteiger partial charge in [0.25, 0.3) is 0 Å². The molecule has 0 spiro atoms. The molecule has 0 saturated heterocycles. The zero-order valence-corrected chi connectivity index (χ0v) is 19.7. The van der Waals surface area contributed by atoms with Crippen LogP contribution >= 0.6 is 0 Å². The molecular weight excluding hydrogens is 452 g/mol. The molecule has 0 unspecified atom stereocenters. The molecule has 5 heterocycles. The van der Waals surface area contributed by atoms with E-state index in [1.807, 2.05) is 30.3 Å². The highest BCUT2D eigenvalue weighted by molar-refractivity contribution is 6.01. The molecule has 36 heavy (non-hydrogen) atoms. The second kappa shape index (κ2) is 9.14. The summed E-state index contributed by atoms with van der Waals surface area (Å²) in [6.45, 7) is 2.07. The quantitative estimate of drug-likeness (QED) is 0.242. The van der Waals surface area contributed by atoms with E-state index in [1.54, 1.807) is 31.1 Å². The Kier molecular flexibility index (Phi) is 5.53. The summed E-state index contributed by atoms with van der Waals surface area (Å²) in [6, 6.07) is 14.0. The molecule has 0 saturated carbocycles. The summed E-state index contributed by atoms with van der Waals surface area (Å²) in [5.74, 6) is 0.00598. The van der Waals surface area contributed by atoms with Gasteiger partial charge in [-0.2, -0.15) is 5.10 Å². The summed E-state index contributed by atoms with van der Waals surface area (Å²) in [7, 11) is 0. The predicted octanol–water partition coefficient (Wildman–Crippen LogP) is 6.56. The molecule has 5 aromatic heterocycles. The lowest BCUT2D eigenvalue weighted by Gasteiger charge is -2.07. The summed E-state index contributed by atoms with van der Waals surface area (Å²) < 4.78 is 5.26. The number of pyridine rings is 2. The molecule has 0 aliphatic carbocycles. The van der Waals surface area contributed by atoms with Crippen molar-refractivity contribution in [2.45, 2.75) is 26.2 Å². The van der Waals surface area contributed by atoms with Crippen molar-refractivity contribution in [3.05, 3.63) is 73.6 Å². The molecule has 8 heteroatoms. The molecule has 0 atom stereocenters. The Morgan fingerprint density at radius 3 is 2.75 bits per heavy atom. The van der Waals surface area contributed by atoms with Gasteiger partial charge in [-0.1, -0.05) is 19.4 Å². The lowest BCUT2D eigenvalue weighted by atomic mass is 10.0. The number of nitrogens with zero attached hydrogens (tertiary/aromatic N) is 3. The molecule has 6 aromatic rings. The summed E-state index contributed by atoms with van der Waals surface area (Å²) in [4.78, 5) is 24.6. The van der Waals surface area contributed by atoms with Gasteiger partial charge in [0.05, 0.1) is 41.3 Å². The van der Waals surface area contributed by atoms with Crippen LogP contribution in [0.25, 0.3) is 55.6 Å². The number of furan rings is 1. The zero-order valence-electron chi connectivity index (χ0n) is 19.7. The Labute approximate surface area is 206 Å². The van der Waals surface area contributed by atoms with Gasteiger partial charge in [-0.05, 0) is 48.4 Å². The van der Waals surface area contributed by atoms with Crippen molar-refractivity contribution < 1.29 is 9.21 Å². The fraction of sp³-hybridized carbons (Fsp3) is 0.143. The van der Waals surface area contributed by atoms with Gasteiger partial charge in [-0.15, -0.1) is 0 Å². The highest BCUT2D eigenvalue weighted by atomic mass is 16.3. The first-order chi connectivity index (χ1) is 17.7. The molecular formula is C28H24N6O2. The number of benzene rings is 1. The van der Waals surface area contributed by atoms with Crippen LogP contribution < -0.4 is 5.32 Å². The normalized spacial score (nSPS) is 11.4. The monoisotopic (exact) mass is 476 g/mol. The van der Waals surface area contributed by atoms with E-state index in [4.69, 9.17) is 4.42 Å². The van der Waals surface area contributed by atoms with Crippen LogP contribution in [0.4, 0.5) is 5.69 Å². The van der Waals surface area contributed by atoms with Gasteiger partial charge in [-0.25, -0.2) is 0 Å². The Morgan fingerprint density at radius 1 is 0.972 bits per heavy atom. The maximum atomic E-state index is 12.2. The van der Waals surface area contributed by atoms with Gasteiger partial charge >= 0.3 is 0 Å². The van der Waals surface area contributed by atoms with Gasteiger partial charge in [0.1, 0.15) is 5.69 Å². The maximum Gasteiger partial charge on any atom is 0.224 e. The first-order valence-electron chi connectivity index (χ1n) is 11.9. The van der Waals surface area contributed by atoms with Crippen molar-refractivity contribution in [2.24, 2.45) is 0 Å². The number of aromatic nitrogens is 5. The number of carbonyl (C=O) groups is 1.